The number of para-hydroxylation sites is 1. The minimum Gasteiger partial charge on any atom is -0.345 e. The normalized spacial score (nSPS) is 18.1. The van der Waals surface area contributed by atoms with E-state index >= 15 is 0 Å². The van der Waals surface area contributed by atoms with Crippen LogP contribution < -0.4 is 10.2 Å². The van der Waals surface area contributed by atoms with Gasteiger partial charge in [0, 0.05) is 37.3 Å². The van der Waals surface area contributed by atoms with Crippen molar-refractivity contribution in [3.63, 3.8) is 0 Å². The molecule has 1 N–H and O–H groups in total. The van der Waals surface area contributed by atoms with Crippen molar-refractivity contribution in [2.24, 2.45) is 5.92 Å². The van der Waals surface area contributed by atoms with Crippen LogP contribution in [0.2, 0.25) is 0 Å². The van der Waals surface area contributed by atoms with Crippen molar-refractivity contribution in [1.82, 2.24) is 10.2 Å². The number of anilines is 2. The van der Waals surface area contributed by atoms with E-state index in [9.17, 15) is 9.59 Å². The summed E-state index contributed by atoms with van der Waals surface area (Å²) in [6, 6.07) is 18.5. The van der Waals surface area contributed by atoms with E-state index in [-0.39, 0.29) is 36.1 Å². The number of benzene rings is 2. The number of carbonyl (C=O) groups excluding carboxylic acids is 2. The average molecular weight is 408 g/mol. The van der Waals surface area contributed by atoms with Gasteiger partial charge in [0.1, 0.15) is 5.78 Å². The zero-order valence-electron chi connectivity index (χ0n) is 18.5. The van der Waals surface area contributed by atoms with Crippen molar-refractivity contribution in [3.05, 3.63) is 60.2 Å². The number of nitrogens with zero attached hydrogens (tertiary/aromatic N) is 2. The highest BCUT2D eigenvalue weighted by atomic mass is 16.2. The van der Waals surface area contributed by atoms with Crippen molar-refractivity contribution < 1.29 is 9.59 Å². The molecule has 0 aliphatic carbocycles. The minimum atomic E-state index is -0.302. The lowest BCUT2D eigenvalue weighted by Crippen LogP contribution is -2.38. The van der Waals surface area contributed by atoms with E-state index in [1.165, 1.54) is 0 Å². The quantitative estimate of drug-likeness (QED) is 0.708. The first-order valence-corrected chi connectivity index (χ1v) is 10.8. The van der Waals surface area contributed by atoms with Gasteiger partial charge in [-0.1, -0.05) is 37.3 Å². The molecule has 5 heteroatoms. The van der Waals surface area contributed by atoms with Gasteiger partial charge < -0.3 is 15.1 Å². The van der Waals surface area contributed by atoms with Crippen LogP contribution in [0.1, 0.15) is 44.7 Å². The number of Topliss-reactive ketones (excluding diaryl/α,β-unsaturated/α-hetero) is 1. The highest BCUT2D eigenvalue weighted by Crippen LogP contribution is 2.35. The second-order valence-corrected chi connectivity index (χ2v) is 8.26. The monoisotopic (exact) mass is 407 g/mol. The number of hydrogen-bond donors (Lipinski definition) is 1. The molecule has 0 saturated carbocycles. The van der Waals surface area contributed by atoms with Crippen LogP contribution in [0.4, 0.5) is 11.4 Å². The van der Waals surface area contributed by atoms with Gasteiger partial charge in [0.2, 0.25) is 5.91 Å². The molecule has 0 unspecified atom stereocenters. The molecule has 1 heterocycles. The summed E-state index contributed by atoms with van der Waals surface area (Å²) in [6.45, 7) is 4.47. The van der Waals surface area contributed by atoms with Gasteiger partial charge in [-0.05, 0) is 56.6 Å². The molecule has 1 fully saturated rings. The summed E-state index contributed by atoms with van der Waals surface area (Å²) in [5, 5.41) is 2.96. The Labute approximate surface area is 180 Å². The van der Waals surface area contributed by atoms with E-state index < -0.39 is 0 Å². The molecule has 30 heavy (non-hydrogen) atoms. The third-order valence-electron chi connectivity index (χ3n) is 6.17. The lowest BCUT2D eigenvalue weighted by molar-refractivity contribution is -0.138. The van der Waals surface area contributed by atoms with E-state index in [1.807, 2.05) is 36.9 Å². The van der Waals surface area contributed by atoms with Crippen molar-refractivity contribution in [2.45, 2.75) is 45.2 Å². The summed E-state index contributed by atoms with van der Waals surface area (Å²) in [4.78, 5) is 29.6. The zero-order chi connectivity index (χ0) is 21.7. The molecule has 0 spiro atoms. The van der Waals surface area contributed by atoms with Gasteiger partial charge >= 0.3 is 0 Å². The summed E-state index contributed by atoms with van der Waals surface area (Å²) >= 11 is 0. The van der Waals surface area contributed by atoms with Crippen LogP contribution in [0.25, 0.3) is 0 Å². The fourth-order valence-electron chi connectivity index (χ4n) is 4.13. The molecular weight excluding hydrogens is 374 g/mol. The largest absolute Gasteiger partial charge is 0.345 e. The number of nitrogens with one attached hydrogen (secondary N) is 1. The van der Waals surface area contributed by atoms with Gasteiger partial charge in [-0.3, -0.25) is 9.59 Å². The summed E-state index contributed by atoms with van der Waals surface area (Å²) in [5.74, 6) is -0.138. The van der Waals surface area contributed by atoms with Crippen LogP contribution in [0.3, 0.4) is 0 Å². The topological polar surface area (TPSA) is 52.7 Å². The molecule has 0 aromatic heterocycles. The smallest absolute Gasteiger partial charge is 0.226 e. The molecule has 1 aliphatic rings. The van der Waals surface area contributed by atoms with Crippen molar-refractivity contribution in [2.75, 3.05) is 25.5 Å². The molecule has 2 aromatic carbocycles. The molecule has 1 saturated heterocycles. The Hall–Kier alpha value is -2.66. The number of likely N-dealkylation sites (tertiary alicyclic amines) is 1. The fourth-order valence-corrected chi connectivity index (χ4v) is 4.13. The van der Waals surface area contributed by atoms with Crippen molar-refractivity contribution >= 4 is 23.1 Å². The van der Waals surface area contributed by atoms with Gasteiger partial charge in [-0.15, -0.1) is 0 Å². The Bertz CT molecular complexity index is 868. The molecule has 1 aliphatic heterocycles. The molecule has 0 radical (unpaired) electrons. The predicted molar refractivity (Wildman–Crippen MR) is 122 cm³/mol. The second-order valence-electron chi connectivity index (χ2n) is 8.26. The first kappa shape index (κ1) is 22.0. The molecule has 1 amide bonds. The summed E-state index contributed by atoms with van der Waals surface area (Å²) in [7, 11) is 3.83. The van der Waals surface area contributed by atoms with E-state index in [1.54, 1.807) is 7.05 Å². The second kappa shape index (κ2) is 9.90. The van der Waals surface area contributed by atoms with Crippen LogP contribution in [-0.2, 0) is 9.59 Å². The van der Waals surface area contributed by atoms with E-state index in [2.05, 4.69) is 53.7 Å². The average Bonchev–Trinajstić information content (AvgIpc) is 3.28. The van der Waals surface area contributed by atoms with E-state index in [4.69, 9.17) is 0 Å². The highest BCUT2D eigenvalue weighted by Gasteiger charge is 2.33. The van der Waals surface area contributed by atoms with Gasteiger partial charge in [-0.25, -0.2) is 0 Å². The lowest BCUT2D eigenvalue weighted by atomic mass is 9.98. The van der Waals surface area contributed by atoms with Crippen LogP contribution >= 0.6 is 0 Å². The number of rotatable bonds is 8. The summed E-state index contributed by atoms with van der Waals surface area (Å²) in [5.41, 5.74) is 3.38. The lowest BCUT2D eigenvalue weighted by Gasteiger charge is -2.29. The maximum absolute atomic E-state index is 13.2. The Balaban J connectivity index is 1.75. The maximum Gasteiger partial charge on any atom is 0.226 e. The Morgan fingerprint density at radius 3 is 2.50 bits per heavy atom. The number of hydrogen-bond acceptors (Lipinski definition) is 4. The molecule has 3 atom stereocenters. The fraction of sp³-hybridized carbons (Fsp3) is 0.440. The summed E-state index contributed by atoms with van der Waals surface area (Å²) in [6.07, 6.45) is 2.22. The first-order valence-electron chi connectivity index (χ1n) is 10.8. The molecule has 160 valence electrons. The first-order chi connectivity index (χ1) is 14.4. The molecule has 5 nitrogen and oxygen atoms in total. The highest BCUT2D eigenvalue weighted by molar-refractivity contribution is 5.89. The standard InChI is InChI=1S/C25H33N3O2/c1-18(16-24(29)19(2)26-3)25(30)28-15-9-14-23(28)20-10-8-13-22(17-20)27(4)21-11-6-5-7-12-21/h5-8,10-13,17-19,23,26H,9,14-16H2,1-4H3/t18-,19+,23+/m1/s1. The number of amides is 1. The predicted octanol–water partition coefficient (Wildman–Crippen LogP) is 4.32. The SMILES string of the molecule is CN[C@@H](C)C(=O)C[C@@H](C)C(=O)N1CCC[C@H]1c1cccc(N(C)c2ccccc2)c1. The third kappa shape index (κ3) is 4.90. The minimum absolute atomic E-state index is 0.0703. The van der Waals surface area contributed by atoms with Gasteiger partial charge in [0.15, 0.2) is 0 Å². The number of likely N-dealkylation sites (N-methyl/N-ethyl adjacent to an activating group) is 1. The van der Waals surface area contributed by atoms with E-state index in [0.29, 0.717) is 0 Å². The number of carbonyl (C=O) groups is 2. The van der Waals surface area contributed by atoms with Crippen molar-refractivity contribution in [3.8, 4) is 0 Å². The maximum atomic E-state index is 13.2. The van der Waals surface area contributed by atoms with Gasteiger partial charge in [0.05, 0.1) is 12.1 Å². The Morgan fingerprint density at radius 1 is 1.10 bits per heavy atom. The summed E-state index contributed by atoms with van der Waals surface area (Å²) < 4.78 is 0. The van der Waals surface area contributed by atoms with Crippen LogP contribution in [0.15, 0.2) is 54.6 Å². The zero-order valence-corrected chi connectivity index (χ0v) is 18.5. The molecule has 0 bridgehead atoms. The Kier molecular flexibility index (Phi) is 7.27. The van der Waals surface area contributed by atoms with Gasteiger partial charge in [0.25, 0.3) is 0 Å². The third-order valence-corrected chi connectivity index (χ3v) is 6.17. The van der Waals surface area contributed by atoms with E-state index in [0.717, 1.165) is 36.3 Å². The molecular formula is C25H33N3O2. The van der Waals surface area contributed by atoms with Crippen LogP contribution in [0, 0.1) is 5.92 Å². The van der Waals surface area contributed by atoms with Crippen LogP contribution in [-0.4, -0.2) is 43.3 Å². The van der Waals surface area contributed by atoms with Gasteiger partial charge in [-0.2, -0.15) is 0 Å². The Morgan fingerprint density at radius 2 is 1.80 bits per heavy atom. The molecule has 2 aromatic rings. The van der Waals surface area contributed by atoms with Crippen LogP contribution in [0.5, 0.6) is 0 Å². The van der Waals surface area contributed by atoms with Crippen molar-refractivity contribution in [1.29, 1.82) is 0 Å². The molecule has 3 rings (SSSR count). The number of ketones is 1.